The highest BCUT2D eigenvalue weighted by Crippen LogP contribution is 2.34. The number of nitrogens with two attached hydrogens (primary N) is 1. The number of para-hydroxylation sites is 1. The number of benzene rings is 1. The predicted octanol–water partition coefficient (Wildman–Crippen LogP) is 2.48. The Morgan fingerprint density at radius 3 is 2.74 bits per heavy atom. The van der Waals surface area contributed by atoms with Crippen molar-refractivity contribution in [2.75, 3.05) is 30.3 Å². The average molecular weight is 259 g/mol. The van der Waals surface area contributed by atoms with Gasteiger partial charge in [-0.15, -0.1) is 0 Å². The highest BCUT2D eigenvalue weighted by atomic mass is 16.2. The van der Waals surface area contributed by atoms with Crippen molar-refractivity contribution in [3.05, 3.63) is 23.8 Å². The summed E-state index contributed by atoms with van der Waals surface area (Å²) in [5, 5.41) is 0. The van der Waals surface area contributed by atoms with Crippen LogP contribution in [-0.4, -0.2) is 30.6 Å². The second-order valence-electron chi connectivity index (χ2n) is 5.71. The molecule has 0 bridgehead atoms. The van der Waals surface area contributed by atoms with E-state index in [0.717, 1.165) is 50.5 Å². The Morgan fingerprint density at radius 2 is 2.00 bits per heavy atom. The highest BCUT2D eigenvalue weighted by molar-refractivity contribution is 5.97. The lowest BCUT2D eigenvalue weighted by molar-refractivity contribution is 0.180. The zero-order valence-electron chi connectivity index (χ0n) is 11.4. The van der Waals surface area contributed by atoms with E-state index in [1.807, 2.05) is 21.9 Å². The average Bonchev–Trinajstić information content (AvgIpc) is 2.84. The van der Waals surface area contributed by atoms with Crippen LogP contribution >= 0.6 is 0 Å². The first-order valence-electron chi connectivity index (χ1n) is 7.10. The lowest BCUT2D eigenvalue weighted by Crippen LogP contribution is -2.46. The van der Waals surface area contributed by atoms with Gasteiger partial charge >= 0.3 is 6.03 Å². The van der Waals surface area contributed by atoms with Gasteiger partial charge in [0, 0.05) is 19.6 Å². The van der Waals surface area contributed by atoms with Crippen molar-refractivity contribution < 1.29 is 4.79 Å². The number of urea groups is 1. The summed E-state index contributed by atoms with van der Waals surface area (Å²) in [5.41, 5.74) is 8.89. The summed E-state index contributed by atoms with van der Waals surface area (Å²) >= 11 is 0. The van der Waals surface area contributed by atoms with E-state index in [2.05, 4.69) is 13.0 Å². The van der Waals surface area contributed by atoms with Crippen molar-refractivity contribution in [1.82, 2.24) is 4.90 Å². The van der Waals surface area contributed by atoms with E-state index >= 15 is 0 Å². The third kappa shape index (κ3) is 2.15. The van der Waals surface area contributed by atoms with Crippen LogP contribution in [0, 0.1) is 5.92 Å². The lowest BCUT2D eigenvalue weighted by atomic mass is 9.99. The van der Waals surface area contributed by atoms with Crippen molar-refractivity contribution in [3.8, 4) is 0 Å². The number of hydrogen-bond acceptors (Lipinski definition) is 2. The number of anilines is 2. The Labute approximate surface area is 114 Å². The minimum atomic E-state index is 0.128. The Kier molecular flexibility index (Phi) is 3.09. The van der Waals surface area contributed by atoms with Gasteiger partial charge in [0.05, 0.1) is 11.4 Å². The zero-order valence-corrected chi connectivity index (χ0v) is 11.4. The van der Waals surface area contributed by atoms with Crippen LogP contribution in [-0.2, 0) is 6.42 Å². The van der Waals surface area contributed by atoms with Gasteiger partial charge in [-0.05, 0) is 36.8 Å². The van der Waals surface area contributed by atoms with E-state index in [-0.39, 0.29) is 6.03 Å². The van der Waals surface area contributed by atoms with E-state index in [4.69, 9.17) is 5.73 Å². The van der Waals surface area contributed by atoms with Gasteiger partial charge in [-0.3, -0.25) is 4.90 Å². The molecule has 0 radical (unpaired) electrons. The Bertz CT molecular complexity index is 492. The van der Waals surface area contributed by atoms with E-state index in [1.165, 1.54) is 5.56 Å². The number of nitrogen functional groups attached to an aromatic ring is 1. The SMILES string of the molecule is CC1CCN(C(=O)N2CCc3cccc(N)c32)CC1. The van der Waals surface area contributed by atoms with Gasteiger partial charge < -0.3 is 10.6 Å². The van der Waals surface area contributed by atoms with Gasteiger partial charge in [-0.2, -0.15) is 0 Å². The molecule has 2 amide bonds. The first-order chi connectivity index (χ1) is 9.16. The molecule has 0 saturated carbocycles. The lowest BCUT2D eigenvalue weighted by Gasteiger charge is -2.33. The monoisotopic (exact) mass is 259 g/mol. The number of carbonyl (C=O) groups excluding carboxylic acids is 1. The topological polar surface area (TPSA) is 49.6 Å². The summed E-state index contributed by atoms with van der Waals surface area (Å²) in [6.07, 6.45) is 3.13. The first kappa shape index (κ1) is 12.3. The van der Waals surface area contributed by atoms with Gasteiger partial charge in [0.25, 0.3) is 0 Å². The van der Waals surface area contributed by atoms with Gasteiger partial charge in [0.1, 0.15) is 0 Å². The Morgan fingerprint density at radius 1 is 1.26 bits per heavy atom. The first-order valence-corrected chi connectivity index (χ1v) is 7.10. The molecule has 1 aromatic rings. The molecule has 1 fully saturated rings. The molecular weight excluding hydrogens is 238 g/mol. The molecule has 4 nitrogen and oxygen atoms in total. The molecule has 2 aliphatic rings. The summed E-state index contributed by atoms with van der Waals surface area (Å²) < 4.78 is 0. The van der Waals surface area contributed by atoms with Crippen molar-refractivity contribution >= 4 is 17.4 Å². The van der Waals surface area contributed by atoms with Crippen LogP contribution in [0.4, 0.5) is 16.2 Å². The smallest absolute Gasteiger partial charge is 0.324 e. The fourth-order valence-corrected chi connectivity index (χ4v) is 3.05. The summed E-state index contributed by atoms with van der Waals surface area (Å²) in [7, 11) is 0. The maximum atomic E-state index is 12.6. The molecule has 3 rings (SSSR count). The second-order valence-corrected chi connectivity index (χ2v) is 5.71. The van der Waals surface area contributed by atoms with E-state index in [0.29, 0.717) is 5.69 Å². The largest absolute Gasteiger partial charge is 0.397 e. The molecule has 1 saturated heterocycles. The molecule has 102 valence electrons. The molecule has 0 aliphatic carbocycles. The molecule has 1 aromatic carbocycles. The molecule has 19 heavy (non-hydrogen) atoms. The molecule has 0 spiro atoms. The van der Waals surface area contributed by atoms with Crippen molar-refractivity contribution in [2.45, 2.75) is 26.2 Å². The van der Waals surface area contributed by atoms with E-state index in [1.54, 1.807) is 0 Å². The number of amides is 2. The predicted molar refractivity (Wildman–Crippen MR) is 77.3 cm³/mol. The van der Waals surface area contributed by atoms with Crippen molar-refractivity contribution in [1.29, 1.82) is 0 Å². The normalized spacial score (nSPS) is 19.6. The Balaban J connectivity index is 1.80. The Hall–Kier alpha value is -1.71. The minimum absolute atomic E-state index is 0.128. The zero-order chi connectivity index (χ0) is 13.4. The third-order valence-corrected chi connectivity index (χ3v) is 4.31. The fourth-order valence-electron chi connectivity index (χ4n) is 3.05. The van der Waals surface area contributed by atoms with Gasteiger partial charge in [0.15, 0.2) is 0 Å². The molecule has 4 heteroatoms. The van der Waals surface area contributed by atoms with Gasteiger partial charge in [-0.1, -0.05) is 19.1 Å². The summed E-state index contributed by atoms with van der Waals surface area (Å²) in [6, 6.07) is 6.04. The number of carbonyl (C=O) groups is 1. The van der Waals surface area contributed by atoms with Crippen molar-refractivity contribution in [2.24, 2.45) is 5.92 Å². The molecule has 2 aliphatic heterocycles. The van der Waals surface area contributed by atoms with Crippen LogP contribution in [0.2, 0.25) is 0 Å². The molecule has 0 aromatic heterocycles. The molecule has 2 N–H and O–H groups in total. The van der Waals surface area contributed by atoms with Crippen LogP contribution in [0.3, 0.4) is 0 Å². The summed E-state index contributed by atoms with van der Waals surface area (Å²) in [5.74, 6) is 0.736. The maximum absolute atomic E-state index is 12.6. The van der Waals surface area contributed by atoms with Crippen LogP contribution in [0.1, 0.15) is 25.3 Å². The number of hydrogen-bond donors (Lipinski definition) is 1. The van der Waals surface area contributed by atoms with Crippen LogP contribution in [0.5, 0.6) is 0 Å². The number of rotatable bonds is 0. The van der Waals surface area contributed by atoms with Crippen LogP contribution < -0.4 is 10.6 Å². The summed E-state index contributed by atoms with van der Waals surface area (Å²) in [6.45, 7) is 4.76. The number of likely N-dealkylation sites (tertiary alicyclic amines) is 1. The molecule has 0 unspecified atom stereocenters. The van der Waals surface area contributed by atoms with Crippen LogP contribution in [0.25, 0.3) is 0 Å². The number of piperidine rings is 1. The van der Waals surface area contributed by atoms with Crippen molar-refractivity contribution in [3.63, 3.8) is 0 Å². The fraction of sp³-hybridized carbons (Fsp3) is 0.533. The maximum Gasteiger partial charge on any atom is 0.324 e. The molecule has 2 heterocycles. The van der Waals surface area contributed by atoms with E-state index in [9.17, 15) is 4.79 Å². The minimum Gasteiger partial charge on any atom is -0.397 e. The quantitative estimate of drug-likeness (QED) is 0.728. The van der Waals surface area contributed by atoms with Gasteiger partial charge in [-0.25, -0.2) is 4.79 Å². The van der Waals surface area contributed by atoms with Crippen LogP contribution in [0.15, 0.2) is 18.2 Å². The van der Waals surface area contributed by atoms with Gasteiger partial charge in [0.2, 0.25) is 0 Å². The third-order valence-electron chi connectivity index (χ3n) is 4.31. The standard InChI is InChI=1S/C15H21N3O/c1-11-5-8-17(9-6-11)15(19)18-10-7-12-3-2-4-13(16)14(12)18/h2-4,11H,5-10,16H2,1H3. The molecular formula is C15H21N3O. The summed E-state index contributed by atoms with van der Waals surface area (Å²) in [4.78, 5) is 16.5. The number of fused-ring (bicyclic) bond motifs is 1. The highest BCUT2D eigenvalue weighted by Gasteiger charge is 2.31. The molecule has 0 atom stereocenters. The van der Waals surface area contributed by atoms with E-state index < -0.39 is 0 Å². The second kappa shape index (κ2) is 4.76. The number of nitrogens with zero attached hydrogens (tertiary/aromatic N) is 2.